The van der Waals surface area contributed by atoms with E-state index in [0.717, 1.165) is 25.2 Å². The SMILES string of the molecule is CC(O)[C@H]1[C@@H]2CCC[C@H]2C=C[C@H]1CCCCO. The Morgan fingerprint density at radius 2 is 2.06 bits per heavy atom. The third kappa shape index (κ3) is 2.92. The summed E-state index contributed by atoms with van der Waals surface area (Å²) in [5.41, 5.74) is 0. The Morgan fingerprint density at radius 3 is 2.76 bits per heavy atom. The molecule has 0 spiro atoms. The third-order valence-corrected chi connectivity index (χ3v) is 4.72. The largest absolute Gasteiger partial charge is 0.396 e. The maximum absolute atomic E-state index is 10.1. The van der Waals surface area contributed by atoms with E-state index in [1.165, 1.54) is 19.3 Å². The molecule has 0 heterocycles. The maximum atomic E-state index is 10.1. The molecule has 2 aliphatic rings. The zero-order chi connectivity index (χ0) is 12.3. The van der Waals surface area contributed by atoms with Crippen LogP contribution in [-0.2, 0) is 0 Å². The summed E-state index contributed by atoms with van der Waals surface area (Å²) < 4.78 is 0. The molecule has 2 rings (SSSR count). The quantitative estimate of drug-likeness (QED) is 0.571. The van der Waals surface area contributed by atoms with Gasteiger partial charge in [-0.3, -0.25) is 0 Å². The van der Waals surface area contributed by atoms with Crippen LogP contribution in [0.2, 0.25) is 0 Å². The molecule has 0 amide bonds. The summed E-state index contributed by atoms with van der Waals surface area (Å²) >= 11 is 0. The van der Waals surface area contributed by atoms with E-state index in [1.54, 1.807) is 0 Å². The van der Waals surface area contributed by atoms with Crippen molar-refractivity contribution in [2.24, 2.45) is 23.7 Å². The van der Waals surface area contributed by atoms with Crippen molar-refractivity contribution in [1.82, 2.24) is 0 Å². The maximum Gasteiger partial charge on any atom is 0.0548 e. The zero-order valence-corrected chi connectivity index (χ0v) is 10.9. The van der Waals surface area contributed by atoms with E-state index in [4.69, 9.17) is 5.11 Å². The van der Waals surface area contributed by atoms with E-state index < -0.39 is 0 Å². The fourth-order valence-corrected chi connectivity index (χ4v) is 3.96. The van der Waals surface area contributed by atoms with Gasteiger partial charge in [-0.25, -0.2) is 0 Å². The van der Waals surface area contributed by atoms with Crippen LogP contribution in [0.1, 0.15) is 45.4 Å². The molecule has 2 heteroatoms. The normalized spacial score (nSPS) is 38.1. The van der Waals surface area contributed by atoms with E-state index in [9.17, 15) is 5.11 Å². The molecular formula is C15H26O2. The molecule has 98 valence electrons. The van der Waals surface area contributed by atoms with Gasteiger partial charge in [-0.15, -0.1) is 0 Å². The molecule has 1 unspecified atom stereocenters. The summed E-state index contributed by atoms with van der Waals surface area (Å²) in [4.78, 5) is 0. The molecule has 1 fully saturated rings. The Labute approximate surface area is 105 Å². The molecular weight excluding hydrogens is 212 g/mol. The second-order valence-electron chi connectivity index (χ2n) is 5.84. The predicted octanol–water partition coefficient (Wildman–Crippen LogP) is 2.75. The summed E-state index contributed by atoms with van der Waals surface area (Å²) in [6.45, 7) is 2.25. The number of rotatable bonds is 5. The lowest BCUT2D eigenvalue weighted by atomic mass is 9.68. The molecule has 5 atom stereocenters. The molecule has 17 heavy (non-hydrogen) atoms. The van der Waals surface area contributed by atoms with Crippen LogP contribution in [0.15, 0.2) is 12.2 Å². The number of unbranched alkanes of at least 4 members (excludes halogenated alkanes) is 1. The minimum Gasteiger partial charge on any atom is -0.396 e. The number of hydrogen-bond donors (Lipinski definition) is 2. The second kappa shape index (κ2) is 6.01. The molecule has 2 nitrogen and oxygen atoms in total. The van der Waals surface area contributed by atoms with Crippen molar-refractivity contribution in [3.63, 3.8) is 0 Å². The van der Waals surface area contributed by atoms with Crippen molar-refractivity contribution in [3.8, 4) is 0 Å². The van der Waals surface area contributed by atoms with E-state index in [2.05, 4.69) is 12.2 Å². The summed E-state index contributed by atoms with van der Waals surface area (Å²) in [7, 11) is 0. The van der Waals surface area contributed by atoms with Crippen molar-refractivity contribution in [3.05, 3.63) is 12.2 Å². The molecule has 0 bridgehead atoms. The van der Waals surface area contributed by atoms with Gasteiger partial charge in [-0.2, -0.15) is 0 Å². The van der Waals surface area contributed by atoms with E-state index in [0.29, 0.717) is 24.4 Å². The van der Waals surface area contributed by atoms with Crippen LogP contribution in [0, 0.1) is 23.7 Å². The first-order chi connectivity index (χ1) is 8.24. The highest BCUT2D eigenvalue weighted by Crippen LogP contribution is 2.46. The lowest BCUT2D eigenvalue weighted by molar-refractivity contribution is 0.0426. The average molecular weight is 238 g/mol. The lowest BCUT2D eigenvalue weighted by Crippen LogP contribution is -2.36. The summed E-state index contributed by atoms with van der Waals surface area (Å²) in [6, 6.07) is 0. The number of aliphatic hydroxyl groups is 2. The molecule has 2 aliphatic carbocycles. The van der Waals surface area contributed by atoms with Gasteiger partial charge in [0.05, 0.1) is 6.10 Å². The zero-order valence-electron chi connectivity index (χ0n) is 10.9. The molecule has 0 aromatic heterocycles. The standard InChI is InChI=1S/C15H26O2/c1-11(17)15-13(5-2-3-10-16)9-8-12-6-4-7-14(12)15/h8-9,11-17H,2-7,10H2,1H3/t11?,12-,13+,14+,15+/m0/s1. The van der Waals surface area contributed by atoms with Gasteiger partial charge in [-0.1, -0.05) is 25.0 Å². The van der Waals surface area contributed by atoms with Gasteiger partial charge < -0.3 is 10.2 Å². The van der Waals surface area contributed by atoms with Crippen molar-refractivity contribution in [2.45, 2.75) is 51.6 Å². The van der Waals surface area contributed by atoms with Gasteiger partial charge >= 0.3 is 0 Å². The number of hydrogen-bond acceptors (Lipinski definition) is 2. The average Bonchev–Trinajstić information content (AvgIpc) is 2.76. The van der Waals surface area contributed by atoms with Gasteiger partial charge in [0.2, 0.25) is 0 Å². The first-order valence-electron chi connectivity index (χ1n) is 7.21. The van der Waals surface area contributed by atoms with Gasteiger partial charge in [0.25, 0.3) is 0 Å². The first-order valence-corrected chi connectivity index (χ1v) is 7.21. The monoisotopic (exact) mass is 238 g/mol. The molecule has 1 saturated carbocycles. The van der Waals surface area contributed by atoms with Crippen molar-refractivity contribution in [2.75, 3.05) is 6.61 Å². The Balaban J connectivity index is 2.00. The molecule has 0 aromatic rings. The van der Waals surface area contributed by atoms with Crippen LogP contribution in [-0.4, -0.2) is 22.9 Å². The van der Waals surface area contributed by atoms with Crippen LogP contribution >= 0.6 is 0 Å². The Morgan fingerprint density at radius 1 is 1.24 bits per heavy atom. The fourth-order valence-electron chi connectivity index (χ4n) is 3.96. The minimum atomic E-state index is -0.190. The Bertz CT molecular complexity index is 260. The van der Waals surface area contributed by atoms with Crippen LogP contribution in [0.25, 0.3) is 0 Å². The molecule has 0 radical (unpaired) electrons. The second-order valence-corrected chi connectivity index (χ2v) is 5.84. The summed E-state index contributed by atoms with van der Waals surface area (Å²) in [6.07, 6.45) is 11.6. The van der Waals surface area contributed by atoms with Gasteiger partial charge in [-0.05, 0) is 56.3 Å². The number of fused-ring (bicyclic) bond motifs is 1. The van der Waals surface area contributed by atoms with Crippen LogP contribution in [0.3, 0.4) is 0 Å². The molecule has 2 N–H and O–H groups in total. The third-order valence-electron chi connectivity index (χ3n) is 4.72. The topological polar surface area (TPSA) is 40.5 Å². The fraction of sp³-hybridized carbons (Fsp3) is 0.867. The summed E-state index contributed by atoms with van der Waals surface area (Å²) in [5.74, 6) is 2.41. The summed E-state index contributed by atoms with van der Waals surface area (Å²) in [5, 5.41) is 18.9. The highest BCUT2D eigenvalue weighted by molar-refractivity contribution is 5.08. The van der Waals surface area contributed by atoms with Crippen LogP contribution < -0.4 is 0 Å². The predicted molar refractivity (Wildman–Crippen MR) is 69.6 cm³/mol. The lowest BCUT2D eigenvalue weighted by Gasteiger charge is -2.38. The first kappa shape index (κ1) is 13.1. The van der Waals surface area contributed by atoms with Crippen molar-refractivity contribution >= 4 is 0 Å². The van der Waals surface area contributed by atoms with Gasteiger partial charge in [0.1, 0.15) is 0 Å². The van der Waals surface area contributed by atoms with Crippen molar-refractivity contribution < 1.29 is 10.2 Å². The van der Waals surface area contributed by atoms with Crippen molar-refractivity contribution in [1.29, 1.82) is 0 Å². The smallest absolute Gasteiger partial charge is 0.0548 e. The molecule has 0 aliphatic heterocycles. The van der Waals surface area contributed by atoms with E-state index in [-0.39, 0.29) is 6.10 Å². The Hall–Kier alpha value is -0.340. The van der Waals surface area contributed by atoms with Gasteiger partial charge in [0.15, 0.2) is 0 Å². The number of allylic oxidation sites excluding steroid dienone is 2. The van der Waals surface area contributed by atoms with Crippen LogP contribution in [0.5, 0.6) is 0 Å². The Kier molecular flexibility index (Phi) is 4.63. The van der Waals surface area contributed by atoms with Gasteiger partial charge in [0, 0.05) is 6.61 Å². The highest BCUT2D eigenvalue weighted by atomic mass is 16.3. The van der Waals surface area contributed by atoms with E-state index in [1.807, 2.05) is 6.92 Å². The highest BCUT2D eigenvalue weighted by Gasteiger charge is 2.40. The minimum absolute atomic E-state index is 0.190. The molecule has 0 aromatic carbocycles. The van der Waals surface area contributed by atoms with Crippen LogP contribution in [0.4, 0.5) is 0 Å². The number of aliphatic hydroxyl groups excluding tert-OH is 2. The van der Waals surface area contributed by atoms with E-state index >= 15 is 0 Å². The molecule has 0 saturated heterocycles.